The van der Waals surface area contributed by atoms with Crippen LogP contribution in [0.5, 0.6) is 0 Å². The number of rotatable bonds is 5. The van der Waals surface area contributed by atoms with Gasteiger partial charge in [0.1, 0.15) is 5.76 Å². The molecule has 1 aromatic heterocycles. The maximum absolute atomic E-state index is 13.0. The minimum atomic E-state index is -0.415. The van der Waals surface area contributed by atoms with Gasteiger partial charge >= 0.3 is 0 Å². The zero-order chi connectivity index (χ0) is 16.3. The number of halogens is 1. The van der Waals surface area contributed by atoms with E-state index in [1.54, 1.807) is 6.26 Å². The van der Waals surface area contributed by atoms with Crippen LogP contribution in [-0.2, 0) is 16.6 Å². The first-order chi connectivity index (χ1) is 11.1. The third-order valence-corrected chi connectivity index (χ3v) is 5.01. The highest BCUT2D eigenvalue weighted by Gasteiger charge is 2.42. The van der Waals surface area contributed by atoms with E-state index in [9.17, 15) is 4.79 Å². The molecule has 2 aromatic rings. The van der Waals surface area contributed by atoms with Crippen LogP contribution in [0.25, 0.3) is 0 Å². The number of carbonyl (C=O) groups excluding carboxylic acids is 1. The fourth-order valence-electron chi connectivity index (χ4n) is 3.54. The largest absolute Gasteiger partial charge is 0.469 e. The Balaban J connectivity index is 1.75. The van der Waals surface area contributed by atoms with Crippen LogP contribution in [0.15, 0.2) is 47.1 Å². The zero-order valence-corrected chi connectivity index (χ0v) is 14.1. The lowest BCUT2D eigenvalue weighted by atomic mass is 9.78. The lowest BCUT2D eigenvalue weighted by molar-refractivity contribution is -0.127. The third kappa shape index (κ3) is 3.45. The summed E-state index contributed by atoms with van der Waals surface area (Å²) in [5.41, 5.74) is 0.657. The van der Waals surface area contributed by atoms with Gasteiger partial charge in [-0.15, -0.1) is 0 Å². The van der Waals surface area contributed by atoms with Crippen molar-refractivity contribution >= 4 is 17.5 Å². The van der Waals surface area contributed by atoms with Crippen LogP contribution in [-0.4, -0.2) is 11.9 Å². The Labute approximate surface area is 142 Å². The molecule has 1 fully saturated rings. The normalized spacial score (nSPS) is 17.8. The molecule has 1 saturated carbocycles. The van der Waals surface area contributed by atoms with Gasteiger partial charge < -0.3 is 9.73 Å². The summed E-state index contributed by atoms with van der Waals surface area (Å²) in [7, 11) is 0. The van der Waals surface area contributed by atoms with E-state index in [-0.39, 0.29) is 11.9 Å². The second-order valence-corrected chi connectivity index (χ2v) is 6.89. The van der Waals surface area contributed by atoms with Crippen molar-refractivity contribution in [1.82, 2.24) is 5.32 Å². The molecule has 0 bridgehead atoms. The molecule has 3 rings (SSSR count). The molecule has 0 spiro atoms. The van der Waals surface area contributed by atoms with Crippen molar-refractivity contribution in [3.63, 3.8) is 0 Å². The van der Waals surface area contributed by atoms with E-state index in [4.69, 9.17) is 16.0 Å². The Morgan fingerprint density at radius 3 is 2.57 bits per heavy atom. The SMILES string of the molecule is C[C@@H](Cc1ccco1)NC(=O)C1(c2ccc(Cl)cc2)CCCC1. The predicted molar refractivity (Wildman–Crippen MR) is 91.6 cm³/mol. The Morgan fingerprint density at radius 2 is 1.96 bits per heavy atom. The molecular weight excluding hydrogens is 310 g/mol. The quantitative estimate of drug-likeness (QED) is 0.877. The minimum absolute atomic E-state index is 0.0402. The lowest BCUT2D eigenvalue weighted by Crippen LogP contribution is -2.46. The van der Waals surface area contributed by atoms with Gasteiger partial charge in [0.2, 0.25) is 5.91 Å². The topological polar surface area (TPSA) is 42.2 Å². The van der Waals surface area contributed by atoms with Crippen LogP contribution in [0, 0.1) is 0 Å². The van der Waals surface area contributed by atoms with E-state index in [0.29, 0.717) is 11.4 Å². The number of hydrogen-bond donors (Lipinski definition) is 1. The molecule has 0 radical (unpaired) electrons. The molecule has 3 nitrogen and oxygen atoms in total. The second-order valence-electron chi connectivity index (χ2n) is 6.45. The molecule has 0 aliphatic heterocycles. The maximum atomic E-state index is 13.0. The highest BCUT2D eigenvalue weighted by molar-refractivity contribution is 6.30. The highest BCUT2D eigenvalue weighted by Crippen LogP contribution is 2.41. The molecule has 1 aromatic carbocycles. The molecule has 122 valence electrons. The Morgan fingerprint density at radius 1 is 1.26 bits per heavy atom. The second kappa shape index (κ2) is 6.79. The van der Waals surface area contributed by atoms with Gasteiger partial charge in [0.15, 0.2) is 0 Å². The van der Waals surface area contributed by atoms with E-state index in [2.05, 4.69) is 5.32 Å². The van der Waals surface area contributed by atoms with Gasteiger partial charge in [-0.3, -0.25) is 4.79 Å². The molecule has 0 unspecified atom stereocenters. The van der Waals surface area contributed by atoms with Crippen LogP contribution in [0.2, 0.25) is 5.02 Å². The first-order valence-corrected chi connectivity index (χ1v) is 8.57. The Bertz CT molecular complexity index is 643. The van der Waals surface area contributed by atoms with Gasteiger partial charge in [0.05, 0.1) is 11.7 Å². The number of nitrogens with one attached hydrogen (secondary N) is 1. The average molecular weight is 332 g/mol. The summed E-state index contributed by atoms with van der Waals surface area (Å²) < 4.78 is 5.37. The van der Waals surface area contributed by atoms with Crippen molar-refractivity contribution in [3.05, 3.63) is 59.0 Å². The van der Waals surface area contributed by atoms with Crippen LogP contribution in [0.4, 0.5) is 0 Å². The molecule has 1 amide bonds. The van der Waals surface area contributed by atoms with E-state index < -0.39 is 5.41 Å². The van der Waals surface area contributed by atoms with Gasteiger partial charge in [-0.2, -0.15) is 0 Å². The standard InChI is InChI=1S/C19H22ClNO2/c1-14(13-17-5-4-12-23-17)21-18(22)19(10-2-3-11-19)15-6-8-16(20)9-7-15/h4-9,12,14H,2-3,10-11,13H2,1H3,(H,21,22)/t14-/m0/s1. The smallest absolute Gasteiger partial charge is 0.230 e. The summed E-state index contributed by atoms with van der Waals surface area (Å²) in [6.07, 6.45) is 6.33. The zero-order valence-electron chi connectivity index (χ0n) is 13.3. The van der Waals surface area contributed by atoms with E-state index >= 15 is 0 Å². The Hall–Kier alpha value is -1.74. The van der Waals surface area contributed by atoms with Crippen LogP contribution in [0.1, 0.15) is 43.9 Å². The number of hydrogen-bond acceptors (Lipinski definition) is 2. The number of amides is 1. The van der Waals surface area contributed by atoms with Crippen LogP contribution in [0.3, 0.4) is 0 Å². The molecule has 1 aliphatic rings. The fraction of sp³-hybridized carbons (Fsp3) is 0.421. The molecule has 1 aliphatic carbocycles. The van der Waals surface area contributed by atoms with Gasteiger partial charge in [0, 0.05) is 17.5 Å². The molecule has 1 N–H and O–H groups in total. The van der Waals surface area contributed by atoms with Crippen molar-refractivity contribution in [2.24, 2.45) is 0 Å². The highest BCUT2D eigenvalue weighted by atomic mass is 35.5. The summed E-state index contributed by atoms with van der Waals surface area (Å²) in [5.74, 6) is 1.01. The molecule has 1 atom stereocenters. The van der Waals surface area contributed by atoms with E-state index in [1.807, 2.05) is 43.3 Å². The molecule has 23 heavy (non-hydrogen) atoms. The van der Waals surface area contributed by atoms with Crippen molar-refractivity contribution < 1.29 is 9.21 Å². The van der Waals surface area contributed by atoms with Crippen LogP contribution >= 0.6 is 11.6 Å². The number of carbonyl (C=O) groups is 1. The van der Waals surface area contributed by atoms with Crippen LogP contribution < -0.4 is 5.32 Å². The molecule has 0 saturated heterocycles. The van der Waals surface area contributed by atoms with Gasteiger partial charge in [0.25, 0.3) is 0 Å². The summed E-state index contributed by atoms with van der Waals surface area (Å²) in [5, 5.41) is 3.88. The number of furan rings is 1. The Kier molecular flexibility index (Phi) is 4.76. The summed E-state index contributed by atoms with van der Waals surface area (Å²) >= 11 is 6.00. The van der Waals surface area contributed by atoms with Crippen molar-refractivity contribution in [2.75, 3.05) is 0 Å². The summed E-state index contributed by atoms with van der Waals surface area (Å²) in [6, 6.07) is 11.6. The summed E-state index contributed by atoms with van der Waals surface area (Å²) in [4.78, 5) is 13.0. The predicted octanol–water partition coefficient (Wildman–Crippen LogP) is 4.49. The maximum Gasteiger partial charge on any atom is 0.230 e. The van der Waals surface area contributed by atoms with Crippen molar-refractivity contribution in [1.29, 1.82) is 0 Å². The van der Waals surface area contributed by atoms with Gasteiger partial charge in [-0.05, 0) is 49.6 Å². The molecular formula is C19H22ClNO2. The van der Waals surface area contributed by atoms with E-state index in [0.717, 1.165) is 37.0 Å². The first kappa shape index (κ1) is 16.1. The molecule has 4 heteroatoms. The molecule has 1 heterocycles. The third-order valence-electron chi connectivity index (χ3n) is 4.75. The first-order valence-electron chi connectivity index (χ1n) is 8.19. The monoisotopic (exact) mass is 331 g/mol. The fourth-order valence-corrected chi connectivity index (χ4v) is 3.66. The number of benzene rings is 1. The minimum Gasteiger partial charge on any atom is -0.469 e. The van der Waals surface area contributed by atoms with Gasteiger partial charge in [-0.25, -0.2) is 0 Å². The van der Waals surface area contributed by atoms with Gasteiger partial charge in [-0.1, -0.05) is 36.6 Å². The lowest BCUT2D eigenvalue weighted by Gasteiger charge is -2.30. The van der Waals surface area contributed by atoms with Crippen molar-refractivity contribution in [2.45, 2.75) is 50.5 Å². The summed E-state index contributed by atoms with van der Waals surface area (Å²) in [6.45, 7) is 2.02. The van der Waals surface area contributed by atoms with E-state index in [1.165, 1.54) is 0 Å². The average Bonchev–Trinajstić information content (AvgIpc) is 3.19. The van der Waals surface area contributed by atoms with Crippen molar-refractivity contribution in [3.8, 4) is 0 Å².